The van der Waals surface area contributed by atoms with Gasteiger partial charge in [0.1, 0.15) is 12.3 Å². The molecule has 1 saturated heterocycles. The van der Waals surface area contributed by atoms with Crippen LogP contribution in [0.15, 0.2) is 46.1 Å². The molecule has 132 valence electrons. The standard InChI is InChI=1S/C19H19N5O2/c20-12-16-13-26-19(22-16)23-10-7-15(8-11-23)18(25)24-17(6-9-21-24)14-4-2-1-3-5-14/h1-5,9,13,15,17H,6-8,10-11H2. The van der Waals surface area contributed by atoms with E-state index in [-0.39, 0.29) is 23.6 Å². The van der Waals surface area contributed by atoms with E-state index < -0.39 is 0 Å². The molecule has 0 aliphatic carbocycles. The van der Waals surface area contributed by atoms with E-state index >= 15 is 0 Å². The average molecular weight is 349 g/mol. The molecule has 2 aliphatic rings. The van der Waals surface area contributed by atoms with Crippen LogP contribution in [0.1, 0.15) is 36.6 Å². The van der Waals surface area contributed by atoms with Crippen molar-refractivity contribution in [3.05, 3.63) is 47.9 Å². The lowest BCUT2D eigenvalue weighted by molar-refractivity contribution is -0.138. The number of nitriles is 1. The summed E-state index contributed by atoms with van der Waals surface area (Å²) in [5.74, 6) is 0.0236. The number of hydrazone groups is 1. The molecular formula is C19H19N5O2. The van der Waals surface area contributed by atoms with Crippen molar-refractivity contribution in [2.45, 2.75) is 25.3 Å². The first-order valence-corrected chi connectivity index (χ1v) is 8.77. The van der Waals surface area contributed by atoms with E-state index in [1.165, 1.54) is 6.26 Å². The number of oxazole rings is 1. The fourth-order valence-corrected chi connectivity index (χ4v) is 3.54. The maximum atomic E-state index is 13.0. The largest absolute Gasteiger partial charge is 0.431 e. The van der Waals surface area contributed by atoms with Gasteiger partial charge in [-0.25, -0.2) is 5.01 Å². The molecule has 1 fully saturated rings. The van der Waals surface area contributed by atoms with Crippen molar-refractivity contribution in [3.63, 3.8) is 0 Å². The van der Waals surface area contributed by atoms with Gasteiger partial charge in [-0.05, 0) is 18.4 Å². The fourth-order valence-electron chi connectivity index (χ4n) is 3.54. The van der Waals surface area contributed by atoms with Crippen LogP contribution in [0.5, 0.6) is 0 Å². The van der Waals surface area contributed by atoms with E-state index in [2.05, 4.69) is 10.1 Å². The van der Waals surface area contributed by atoms with Crippen LogP contribution in [0.3, 0.4) is 0 Å². The highest BCUT2D eigenvalue weighted by Crippen LogP contribution is 2.32. The first-order chi connectivity index (χ1) is 12.8. The Morgan fingerprint density at radius 2 is 2.00 bits per heavy atom. The lowest BCUT2D eigenvalue weighted by Crippen LogP contribution is -2.41. The summed E-state index contributed by atoms with van der Waals surface area (Å²) in [7, 11) is 0. The number of carbonyl (C=O) groups excluding carboxylic acids is 1. The molecule has 1 aromatic carbocycles. The SMILES string of the molecule is N#Cc1coc(N2CCC(C(=O)N3N=CCC3c3ccccc3)CC2)n1. The summed E-state index contributed by atoms with van der Waals surface area (Å²) in [4.78, 5) is 19.1. The Morgan fingerprint density at radius 1 is 1.23 bits per heavy atom. The van der Waals surface area contributed by atoms with Gasteiger partial charge >= 0.3 is 0 Å². The van der Waals surface area contributed by atoms with Crippen LogP contribution < -0.4 is 4.90 Å². The second-order valence-corrected chi connectivity index (χ2v) is 6.53. The quantitative estimate of drug-likeness (QED) is 0.850. The number of hydrogen-bond acceptors (Lipinski definition) is 6. The second kappa shape index (κ2) is 7.00. The molecule has 1 atom stereocenters. The molecule has 0 spiro atoms. The summed E-state index contributed by atoms with van der Waals surface area (Å²) < 4.78 is 5.34. The van der Waals surface area contributed by atoms with E-state index in [1.807, 2.05) is 47.5 Å². The highest BCUT2D eigenvalue weighted by atomic mass is 16.4. The van der Waals surface area contributed by atoms with Gasteiger partial charge in [-0.3, -0.25) is 4.79 Å². The minimum Gasteiger partial charge on any atom is -0.431 e. The molecule has 0 N–H and O–H groups in total. The molecule has 7 nitrogen and oxygen atoms in total. The third-order valence-corrected chi connectivity index (χ3v) is 4.96. The van der Waals surface area contributed by atoms with Gasteiger partial charge in [-0.2, -0.15) is 15.3 Å². The molecule has 1 unspecified atom stereocenters. The van der Waals surface area contributed by atoms with E-state index in [0.29, 0.717) is 19.1 Å². The number of hydrogen-bond donors (Lipinski definition) is 0. The lowest BCUT2D eigenvalue weighted by Gasteiger charge is -2.33. The van der Waals surface area contributed by atoms with Crippen LogP contribution >= 0.6 is 0 Å². The van der Waals surface area contributed by atoms with Crippen molar-refractivity contribution in [1.82, 2.24) is 9.99 Å². The molecule has 4 rings (SSSR count). The van der Waals surface area contributed by atoms with Crippen LogP contribution in [0, 0.1) is 17.2 Å². The summed E-state index contributed by atoms with van der Waals surface area (Å²) in [6, 6.07) is 12.4. The van der Waals surface area contributed by atoms with Crippen molar-refractivity contribution >= 4 is 18.1 Å². The zero-order valence-corrected chi connectivity index (χ0v) is 14.3. The summed E-state index contributed by atoms with van der Waals surface area (Å²) in [5, 5.41) is 14.8. The lowest BCUT2D eigenvalue weighted by atomic mass is 9.94. The van der Waals surface area contributed by atoms with Crippen molar-refractivity contribution in [1.29, 1.82) is 5.26 Å². The van der Waals surface area contributed by atoms with E-state index in [0.717, 1.165) is 24.8 Å². The number of rotatable bonds is 3. The van der Waals surface area contributed by atoms with Gasteiger partial charge in [-0.15, -0.1) is 0 Å². The van der Waals surface area contributed by atoms with Gasteiger partial charge in [0, 0.05) is 31.6 Å². The van der Waals surface area contributed by atoms with Gasteiger partial charge in [0.05, 0.1) is 6.04 Å². The zero-order valence-electron chi connectivity index (χ0n) is 14.3. The Bertz CT molecular complexity index is 846. The first-order valence-electron chi connectivity index (χ1n) is 8.77. The second-order valence-electron chi connectivity index (χ2n) is 6.53. The maximum Gasteiger partial charge on any atom is 0.298 e. The van der Waals surface area contributed by atoms with Crippen molar-refractivity contribution in [3.8, 4) is 6.07 Å². The predicted molar refractivity (Wildman–Crippen MR) is 95.3 cm³/mol. The summed E-state index contributed by atoms with van der Waals surface area (Å²) in [5.41, 5.74) is 1.38. The molecule has 7 heteroatoms. The zero-order chi connectivity index (χ0) is 17.9. The number of nitrogens with zero attached hydrogens (tertiary/aromatic N) is 5. The number of piperidine rings is 1. The van der Waals surface area contributed by atoms with Crippen molar-refractivity contribution in [2.24, 2.45) is 11.0 Å². The Balaban J connectivity index is 1.40. The Morgan fingerprint density at radius 3 is 2.69 bits per heavy atom. The molecule has 2 aliphatic heterocycles. The smallest absolute Gasteiger partial charge is 0.298 e. The van der Waals surface area contributed by atoms with Crippen LogP contribution in [0.2, 0.25) is 0 Å². The highest BCUT2D eigenvalue weighted by molar-refractivity contribution is 5.82. The summed E-state index contributed by atoms with van der Waals surface area (Å²) >= 11 is 0. The number of amides is 1. The molecule has 0 radical (unpaired) electrons. The highest BCUT2D eigenvalue weighted by Gasteiger charge is 2.35. The monoisotopic (exact) mass is 349 g/mol. The predicted octanol–water partition coefficient (Wildman–Crippen LogP) is 2.72. The van der Waals surface area contributed by atoms with E-state index in [4.69, 9.17) is 9.68 Å². The fraction of sp³-hybridized carbons (Fsp3) is 0.368. The van der Waals surface area contributed by atoms with Gasteiger partial charge < -0.3 is 9.32 Å². The third kappa shape index (κ3) is 3.06. The minimum atomic E-state index is -0.0573. The third-order valence-electron chi connectivity index (χ3n) is 4.96. The van der Waals surface area contributed by atoms with Gasteiger partial charge in [0.15, 0.2) is 5.69 Å². The number of anilines is 1. The van der Waals surface area contributed by atoms with Crippen molar-refractivity contribution < 1.29 is 9.21 Å². The van der Waals surface area contributed by atoms with Crippen LogP contribution in [0.4, 0.5) is 6.01 Å². The topological polar surface area (TPSA) is 85.7 Å². The Labute approximate surface area is 151 Å². The van der Waals surface area contributed by atoms with E-state index in [9.17, 15) is 4.79 Å². The van der Waals surface area contributed by atoms with Gasteiger partial charge in [-0.1, -0.05) is 30.3 Å². The molecule has 1 amide bonds. The number of aromatic nitrogens is 1. The number of benzene rings is 1. The van der Waals surface area contributed by atoms with Crippen LogP contribution in [-0.2, 0) is 4.79 Å². The van der Waals surface area contributed by atoms with Crippen molar-refractivity contribution in [2.75, 3.05) is 18.0 Å². The summed E-state index contributed by atoms with van der Waals surface area (Å²) in [6.07, 6.45) is 5.37. The maximum absolute atomic E-state index is 13.0. The molecule has 2 aromatic rings. The molecule has 26 heavy (non-hydrogen) atoms. The van der Waals surface area contributed by atoms with Crippen LogP contribution in [0.25, 0.3) is 0 Å². The average Bonchev–Trinajstić information content (AvgIpc) is 3.38. The first kappa shape index (κ1) is 16.3. The van der Waals surface area contributed by atoms with Gasteiger partial charge in [0.2, 0.25) is 5.91 Å². The molecule has 3 heterocycles. The Kier molecular flexibility index (Phi) is 4.40. The van der Waals surface area contributed by atoms with Gasteiger partial charge in [0.25, 0.3) is 6.01 Å². The minimum absolute atomic E-state index is 0.00773. The molecule has 0 saturated carbocycles. The number of carbonyl (C=O) groups is 1. The summed E-state index contributed by atoms with van der Waals surface area (Å²) in [6.45, 7) is 1.35. The van der Waals surface area contributed by atoms with E-state index in [1.54, 1.807) is 5.01 Å². The molecule has 1 aromatic heterocycles. The molecule has 0 bridgehead atoms. The Hall–Kier alpha value is -3.14. The van der Waals surface area contributed by atoms with Crippen LogP contribution in [-0.4, -0.2) is 35.2 Å². The molecular weight excluding hydrogens is 330 g/mol. The normalized spacial score (nSPS) is 20.3.